The van der Waals surface area contributed by atoms with E-state index in [-0.39, 0.29) is 11.5 Å². The third-order valence-corrected chi connectivity index (χ3v) is 4.19. The number of nitrogens with zero attached hydrogens (tertiary/aromatic N) is 2. The Morgan fingerprint density at radius 3 is 2.45 bits per heavy atom. The van der Waals surface area contributed by atoms with E-state index in [1.165, 1.54) is 18.7 Å². The largest absolute Gasteiger partial charge is 0.493 e. The van der Waals surface area contributed by atoms with Gasteiger partial charge in [0.1, 0.15) is 0 Å². The molecule has 1 N–H and O–H groups in total. The molecule has 2 aromatic carbocycles. The third-order valence-electron chi connectivity index (χ3n) is 4.19. The van der Waals surface area contributed by atoms with E-state index in [1.54, 1.807) is 24.7 Å². The van der Waals surface area contributed by atoms with Crippen LogP contribution in [0.15, 0.2) is 61.2 Å². The average molecular weight is 405 g/mol. The Balaban J connectivity index is 1.55. The first-order valence-corrected chi connectivity index (χ1v) is 9.04. The van der Waals surface area contributed by atoms with Crippen molar-refractivity contribution in [3.05, 3.63) is 77.9 Å². The fourth-order valence-electron chi connectivity index (χ4n) is 2.88. The van der Waals surface area contributed by atoms with Gasteiger partial charge >= 0.3 is 6.18 Å². The zero-order chi connectivity index (χ0) is 20.7. The van der Waals surface area contributed by atoms with Gasteiger partial charge in [0.15, 0.2) is 18.1 Å². The summed E-state index contributed by atoms with van der Waals surface area (Å²) in [5.74, 6) is 0.344. The topological polar surface area (TPSA) is 48.3 Å². The van der Waals surface area contributed by atoms with Crippen LogP contribution in [0, 0.1) is 0 Å². The Kier molecular flexibility index (Phi) is 6.77. The maximum Gasteiger partial charge on any atom is 0.422 e. The van der Waals surface area contributed by atoms with Crippen LogP contribution < -0.4 is 14.8 Å². The number of rotatable bonds is 9. The third kappa shape index (κ3) is 6.53. The van der Waals surface area contributed by atoms with Crippen LogP contribution in [0.5, 0.6) is 11.5 Å². The first-order chi connectivity index (χ1) is 13.9. The minimum absolute atomic E-state index is 0.0702. The maximum absolute atomic E-state index is 12.3. The van der Waals surface area contributed by atoms with Gasteiger partial charge in [-0.2, -0.15) is 13.2 Å². The molecule has 29 heavy (non-hydrogen) atoms. The normalized spacial score (nSPS) is 11.4. The van der Waals surface area contributed by atoms with Crippen molar-refractivity contribution < 1.29 is 22.6 Å². The number of imidazole rings is 1. The van der Waals surface area contributed by atoms with E-state index in [0.717, 1.165) is 17.7 Å². The van der Waals surface area contributed by atoms with Crippen LogP contribution >= 0.6 is 0 Å². The standard InChI is InChI=1S/C21H22F3N3O2/c1-28-20-10-17(5-6-19(20)29-14-21(22,23)24)12-26-11-16-3-2-4-18(9-16)13-27-8-7-25-15-27/h2-10,15,26H,11-14H2,1H3. The van der Waals surface area contributed by atoms with Crippen molar-refractivity contribution in [2.24, 2.45) is 0 Å². The zero-order valence-electron chi connectivity index (χ0n) is 15.9. The molecule has 0 bridgehead atoms. The van der Waals surface area contributed by atoms with Crippen molar-refractivity contribution in [2.75, 3.05) is 13.7 Å². The first-order valence-electron chi connectivity index (χ1n) is 9.04. The van der Waals surface area contributed by atoms with E-state index in [1.807, 2.05) is 22.9 Å². The van der Waals surface area contributed by atoms with Crippen molar-refractivity contribution in [3.63, 3.8) is 0 Å². The number of halogens is 3. The molecule has 0 aliphatic rings. The number of alkyl halides is 3. The Bertz CT molecular complexity index is 912. The van der Waals surface area contributed by atoms with Gasteiger partial charge in [0, 0.05) is 32.0 Å². The minimum atomic E-state index is -4.39. The van der Waals surface area contributed by atoms with Gasteiger partial charge in [0.25, 0.3) is 0 Å². The molecule has 0 saturated heterocycles. The molecule has 0 aliphatic heterocycles. The molecule has 0 unspecified atom stereocenters. The molecular formula is C21H22F3N3O2. The van der Waals surface area contributed by atoms with Gasteiger partial charge in [0.2, 0.25) is 0 Å². The summed E-state index contributed by atoms with van der Waals surface area (Å²) in [6, 6.07) is 13.1. The second-order valence-corrected chi connectivity index (χ2v) is 6.55. The number of hydrogen-bond donors (Lipinski definition) is 1. The average Bonchev–Trinajstić information content (AvgIpc) is 3.19. The molecule has 0 fully saturated rings. The lowest BCUT2D eigenvalue weighted by atomic mass is 10.1. The van der Waals surface area contributed by atoms with Crippen LogP contribution in [-0.2, 0) is 19.6 Å². The van der Waals surface area contributed by atoms with Crippen molar-refractivity contribution in [1.82, 2.24) is 14.9 Å². The van der Waals surface area contributed by atoms with Crippen LogP contribution in [0.3, 0.4) is 0 Å². The number of nitrogens with one attached hydrogen (secondary N) is 1. The molecule has 0 amide bonds. The highest BCUT2D eigenvalue weighted by atomic mass is 19.4. The van der Waals surface area contributed by atoms with Gasteiger partial charge in [-0.25, -0.2) is 4.98 Å². The molecule has 0 radical (unpaired) electrons. The molecule has 8 heteroatoms. The summed E-state index contributed by atoms with van der Waals surface area (Å²) >= 11 is 0. The van der Waals surface area contributed by atoms with Crippen molar-refractivity contribution >= 4 is 0 Å². The highest BCUT2D eigenvalue weighted by Crippen LogP contribution is 2.29. The van der Waals surface area contributed by atoms with Crippen LogP contribution in [0.2, 0.25) is 0 Å². The summed E-state index contributed by atoms with van der Waals surface area (Å²) in [5.41, 5.74) is 3.20. The van der Waals surface area contributed by atoms with Gasteiger partial charge in [-0.1, -0.05) is 30.3 Å². The molecule has 0 atom stereocenters. The number of methoxy groups -OCH3 is 1. The Labute approximate surface area is 167 Å². The Morgan fingerprint density at radius 2 is 1.76 bits per heavy atom. The summed E-state index contributed by atoms with van der Waals surface area (Å²) < 4.78 is 49.0. The van der Waals surface area contributed by atoms with Crippen molar-refractivity contribution in [3.8, 4) is 11.5 Å². The van der Waals surface area contributed by atoms with Crippen LogP contribution in [0.1, 0.15) is 16.7 Å². The fraction of sp³-hybridized carbons (Fsp3) is 0.286. The molecule has 0 spiro atoms. The lowest BCUT2D eigenvalue weighted by molar-refractivity contribution is -0.153. The summed E-state index contributed by atoms with van der Waals surface area (Å²) in [6.07, 6.45) is 1.05. The predicted molar refractivity (Wildman–Crippen MR) is 103 cm³/mol. The lowest BCUT2D eigenvalue weighted by Crippen LogP contribution is -2.19. The number of benzene rings is 2. The fourth-order valence-corrected chi connectivity index (χ4v) is 2.88. The Hall–Kier alpha value is -3.00. The Morgan fingerprint density at radius 1 is 1.00 bits per heavy atom. The molecule has 154 valence electrons. The monoisotopic (exact) mass is 405 g/mol. The molecule has 1 aromatic heterocycles. The maximum atomic E-state index is 12.3. The summed E-state index contributed by atoms with van der Waals surface area (Å²) in [5, 5.41) is 3.34. The van der Waals surface area contributed by atoms with E-state index < -0.39 is 12.8 Å². The molecular weight excluding hydrogens is 383 g/mol. The summed E-state index contributed by atoms with van der Waals surface area (Å²) in [6.45, 7) is 0.606. The summed E-state index contributed by atoms with van der Waals surface area (Å²) in [4.78, 5) is 4.04. The van der Waals surface area contributed by atoms with Gasteiger partial charge in [0.05, 0.1) is 13.4 Å². The smallest absolute Gasteiger partial charge is 0.422 e. The SMILES string of the molecule is COc1cc(CNCc2cccc(Cn3ccnc3)c2)ccc1OCC(F)(F)F. The van der Waals surface area contributed by atoms with E-state index >= 15 is 0 Å². The number of hydrogen-bond acceptors (Lipinski definition) is 4. The quantitative estimate of drug-likeness (QED) is 0.581. The van der Waals surface area contributed by atoms with Crippen LogP contribution in [-0.4, -0.2) is 29.4 Å². The lowest BCUT2D eigenvalue weighted by Gasteiger charge is -2.14. The highest BCUT2D eigenvalue weighted by molar-refractivity contribution is 5.43. The molecule has 0 saturated carbocycles. The van der Waals surface area contributed by atoms with Gasteiger partial charge in [-0.3, -0.25) is 0 Å². The molecule has 1 heterocycles. The van der Waals surface area contributed by atoms with Gasteiger partial charge in [-0.05, 0) is 28.8 Å². The van der Waals surface area contributed by atoms with E-state index in [0.29, 0.717) is 13.1 Å². The molecule has 3 rings (SSSR count). The van der Waals surface area contributed by atoms with Crippen LogP contribution in [0.4, 0.5) is 13.2 Å². The van der Waals surface area contributed by atoms with E-state index in [9.17, 15) is 13.2 Å². The molecule has 3 aromatic rings. The van der Waals surface area contributed by atoms with Crippen molar-refractivity contribution in [1.29, 1.82) is 0 Å². The predicted octanol–water partition coefficient (Wildman–Crippen LogP) is 4.17. The zero-order valence-corrected chi connectivity index (χ0v) is 15.9. The molecule has 5 nitrogen and oxygen atoms in total. The minimum Gasteiger partial charge on any atom is -0.493 e. The number of ether oxygens (including phenoxy) is 2. The van der Waals surface area contributed by atoms with Crippen LogP contribution in [0.25, 0.3) is 0 Å². The van der Waals surface area contributed by atoms with Gasteiger partial charge in [-0.15, -0.1) is 0 Å². The number of aromatic nitrogens is 2. The summed E-state index contributed by atoms with van der Waals surface area (Å²) in [7, 11) is 1.40. The van der Waals surface area contributed by atoms with E-state index in [4.69, 9.17) is 9.47 Å². The second-order valence-electron chi connectivity index (χ2n) is 6.55. The molecule has 0 aliphatic carbocycles. The van der Waals surface area contributed by atoms with Crippen molar-refractivity contribution in [2.45, 2.75) is 25.8 Å². The second kappa shape index (κ2) is 9.47. The first kappa shape index (κ1) is 20.7. The van der Waals surface area contributed by atoms with E-state index in [2.05, 4.69) is 22.4 Å². The van der Waals surface area contributed by atoms with Gasteiger partial charge < -0.3 is 19.4 Å². The highest BCUT2D eigenvalue weighted by Gasteiger charge is 2.29.